The Labute approximate surface area is 90.9 Å². The molecule has 2 rings (SSSR count). The SMILES string of the molecule is CC1CCCC(c2cncn2CCN)N1. The topological polar surface area (TPSA) is 55.9 Å². The number of nitrogens with two attached hydrogens (primary N) is 1. The van der Waals surface area contributed by atoms with Gasteiger partial charge in [-0.3, -0.25) is 0 Å². The maximum atomic E-state index is 5.58. The van der Waals surface area contributed by atoms with E-state index in [0.717, 1.165) is 6.54 Å². The first kappa shape index (κ1) is 10.6. The van der Waals surface area contributed by atoms with Crippen LogP contribution in [0.1, 0.15) is 37.9 Å². The molecule has 0 spiro atoms. The maximum Gasteiger partial charge on any atom is 0.0949 e. The molecule has 0 bridgehead atoms. The molecule has 1 saturated heterocycles. The van der Waals surface area contributed by atoms with Crippen LogP contribution in [-0.2, 0) is 6.54 Å². The summed E-state index contributed by atoms with van der Waals surface area (Å²) >= 11 is 0. The van der Waals surface area contributed by atoms with E-state index in [1.165, 1.54) is 25.0 Å². The molecule has 4 nitrogen and oxygen atoms in total. The Morgan fingerprint density at radius 1 is 1.60 bits per heavy atom. The lowest BCUT2D eigenvalue weighted by molar-refractivity contribution is 0.329. The molecule has 0 aromatic carbocycles. The van der Waals surface area contributed by atoms with Crippen LogP contribution in [0, 0.1) is 0 Å². The van der Waals surface area contributed by atoms with Gasteiger partial charge in [-0.2, -0.15) is 0 Å². The third-order valence-corrected chi connectivity index (χ3v) is 3.09. The number of piperidine rings is 1. The van der Waals surface area contributed by atoms with Crippen molar-refractivity contribution >= 4 is 0 Å². The molecule has 2 unspecified atom stereocenters. The lowest BCUT2D eigenvalue weighted by atomic mass is 9.97. The lowest BCUT2D eigenvalue weighted by Gasteiger charge is -2.29. The number of imidazole rings is 1. The van der Waals surface area contributed by atoms with Gasteiger partial charge in [-0.15, -0.1) is 0 Å². The monoisotopic (exact) mass is 208 g/mol. The van der Waals surface area contributed by atoms with Crippen molar-refractivity contribution in [3.8, 4) is 0 Å². The van der Waals surface area contributed by atoms with Crippen LogP contribution in [0.25, 0.3) is 0 Å². The zero-order chi connectivity index (χ0) is 10.7. The zero-order valence-corrected chi connectivity index (χ0v) is 9.32. The molecular weight excluding hydrogens is 188 g/mol. The average molecular weight is 208 g/mol. The molecule has 1 aromatic rings. The van der Waals surface area contributed by atoms with Crippen molar-refractivity contribution < 1.29 is 0 Å². The van der Waals surface area contributed by atoms with Crippen LogP contribution in [0.15, 0.2) is 12.5 Å². The molecule has 1 aromatic heterocycles. The van der Waals surface area contributed by atoms with Gasteiger partial charge in [-0.25, -0.2) is 4.98 Å². The van der Waals surface area contributed by atoms with E-state index in [1.807, 2.05) is 12.5 Å². The quantitative estimate of drug-likeness (QED) is 0.780. The van der Waals surface area contributed by atoms with Gasteiger partial charge < -0.3 is 15.6 Å². The first-order valence-corrected chi connectivity index (χ1v) is 5.77. The van der Waals surface area contributed by atoms with Crippen molar-refractivity contribution in [2.24, 2.45) is 5.73 Å². The molecule has 1 aliphatic rings. The summed E-state index contributed by atoms with van der Waals surface area (Å²) in [6.07, 6.45) is 7.63. The van der Waals surface area contributed by atoms with Gasteiger partial charge in [0.1, 0.15) is 0 Å². The molecule has 0 radical (unpaired) electrons. The molecule has 1 fully saturated rings. The minimum Gasteiger partial charge on any atom is -0.332 e. The van der Waals surface area contributed by atoms with Crippen LogP contribution < -0.4 is 11.1 Å². The second-order valence-corrected chi connectivity index (χ2v) is 4.35. The van der Waals surface area contributed by atoms with Crippen molar-refractivity contribution in [2.45, 2.75) is 44.8 Å². The van der Waals surface area contributed by atoms with Gasteiger partial charge in [-0.1, -0.05) is 0 Å². The maximum absolute atomic E-state index is 5.58. The second-order valence-electron chi connectivity index (χ2n) is 4.35. The van der Waals surface area contributed by atoms with Gasteiger partial charge >= 0.3 is 0 Å². The van der Waals surface area contributed by atoms with Gasteiger partial charge in [0, 0.05) is 31.4 Å². The first-order valence-electron chi connectivity index (χ1n) is 5.77. The van der Waals surface area contributed by atoms with Gasteiger partial charge in [0.25, 0.3) is 0 Å². The summed E-state index contributed by atoms with van der Waals surface area (Å²) in [5.41, 5.74) is 6.86. The summed E-state index contributed by atoms with van der Waals surface area (Å²) < 4.78 is 2.16. The molecule has 15 heavy (non-hydrogen) atoms. The first-order chi connectivity index (χ1) is 7.31. The Kier molecular flexibility index (Phi) is 3.38. The molecule has 2 heterocycles. The van der Waals surface area contributed by atoms with Crippen molar-refractivity contribution in [3.05, 3.63) is 18.2 Å². The molecule has 1 aliphatic heterocycles. The van der Waals surface area contributed by atoms with Crippen LogP contribution >= 0.6 is 0 Å². The summed E-state index contributed by atoms with van der Waals surface area (Å²) in [7, 11) is 0. The average Bonchev–Trinajstić information content (AvgIpc) is 2.66. The molecule has 0 amide bonds. The summed E-state index contributed by atoms with van der Waals surface area (Å²) in [4.78, 5) is 4.21. The highest BCUT2D eigenvalue weighted by Gasteiger charge is 2.21. The van der Waals surface area contributed by atoms with Crippen LogP contribution in [0.4, 0.5) is 0 Å². The summed E-state index contributed by atoms with van der Waals surface area (Å²) in [5, 5.41) is 3.62. The van der Waals surface area contributed by atoms with Crippen LogP contribution in [0.2, 0.25) is 0 Å². The molecule has 4 heteroatoms. The molecule has 3 N–H and O–H groups in total. The Bertz CT molecular complexity index is 307. The standard InChI is InChI=1S/C11H20N4/c1-9-3-2-4-10(14-9)11-7-13-8-15(11)6-5-12/h7-10,14H,2-6,12H2,1H3. The van der Waals surface area contributed by atoms with Gasteiger partial charge in [0.05, 0.1) is 12.0 Å². The van der Waals surface area contributed by atoms with E-state index >= 15 is 0 Å². The Hall–Kier alpha value is -0.870. The lowest BCUT2D eigenvalue weighted by Crippen LogP contribution is -2.35. The highest BCUT2D eigenvalue weighted by atomic mass is 15.1. The fraction of sp³-hybridized carbons (Fsp3) is 0.727. The van der Waals surface area contributed by atoms with Crippen LogP contribution in [-0.4, -0.2) is 22.1 Å². The zero-order valence-electron chi connectivity index (χ0n) is 9.32. The van der Waals surface area contributed by atoms with E-state index in [4.69, 9.17) is 5.73 Å². The summed E-state index contributed by atoms with van der Waals surface area (Å²) in [6, 6.07) is 1.08. The van der Waals surface area contributed by atoms with Gasteiger partial charge in [0.2, 0.25) is 0 Å². The van der Waals surface area contributed by atoms with Crippen molar-refractivity contribution in [1.29, 1.82) is 0 Å². The second kappa shape index (κ2) is 4.77. The van der Waals surface area contributed by atoms with Crippen molar-refractivity contribution in [2.75, 3.05) is 6.54 Å². The van der Waals surface area contributed by atoms with Crippen LogP contribution in [0.5, 0.6) is 0 Å². The Balaban J connectivity index is 2.10. The number of nitrogens with one attached hydrogen (secondary N) is 1. The molecule has 0 saturated carbocycles. The van der Waals surface area contributed by atoms with Crippen molar-refractivity contribution in [3.63, 3.8) is 0 Å². The van der Waals surface area contributed by atoms with Crippen molar-refractivity contribution in [1.82, 2.24) is 14.9 Å². The third-order valence-electron chi connectivity index (χ3n) is 3.09. The fourth-order valence-corrected chi connectivity index (χ4v) is 2.32. The Morgan fingerprint density at radius 2 is 2.47 bits per heavy atom. The molecular formula is C11H20N4. The highest BCUT2D eigenvalue weighted by Crippen LogP contribution is 2.24. The number of nitrogens with zero attached hydrogens (tertiary/aromatic N) is 2. The smallest absolute Gasteiger partial charge is 0.0949 e. The number of hydrogen-bond donors (Lipinski definition) is 2. The summed E-state index contributed by atoms with van der Waals surface area (Å²) in [5.74, 6) is 0. The van der Waals surface area contributed by atoms with E-state index in [1.54, 1.807) is 0 Å². The predicted octanol–water partition coefficient (Wildman–Crippen LogP) is 1.04. The van der Waals surface area contributed by atoms with Crippen LogP contribution in [0.3, 0.4) is 0 Å². The molecule has 2 atom stereocenters. The third kappa shape index (κ3) is 2.38. The predicted molar refractivity (Wildman–Crippen MR) is 60.5 cm³/mol. The number of rotatable bonds is 3. The fourth-order valence-electron chi connectivity index (χ4n) is 2.32. The van der Waals surface area contributed by atoms with E-state index in [-0.39, 0.29) is 0 Å². The number of hydrogen-bond acceptors (Lipinski definition) is 3. The summed E-state index contributed by atoms with van der Waals surface area (Å²) in [6.45, 7) is 3.78. The number of aromatic nitrogens is 2. The highest BCUT2D eigenvalue weighted by molar-refractivity contribution is 5.07. The van der Waals surface area contributed by atoms with Gasteiger partial charge in [0.15, 0.2) is 0 Å². The van der Waals surface area contributed by atoms with E-state index in [0.29, 0.717) is 18.6 Å². The normalized spacial score (nSPS) is 26.8. The minimum atomic E-state index is 0.461. The Morgan fingerprint density at radius 3 is 3.20 bits per heavy atom. The van der Waals surface area contributed by atoms with E-state index in [2.05, 4.69) is 21.8 Å². The van der Waals surface area contributed by atoms with E-state index in [9.17, 15) is 0 Å². The van der Waals surface area contributed by atoms with E-state index < -0.39 is 0 Å². The molecule has 0 aliphatic carbocycles. The van der Waals surface area contributed by atoms with Gasteiger partial charge in [-0.05, 0) is 26.2 Å². The minimum absolute atomic E-state index is 0.461. The molecule has 84 valence electrons. The largest absolute Gasteiger partial charge is 0.332 e.